The summed E-state index contributed by atoms with van der Waals surface area (Å²) in [4.78, 5) is 18.6. The van der Waals surface area contributed by atoms with Crippen LogP contribution in [0.4, 0.5) is 11.5 Å². The second kappa shape index (κ2) is 13.3. The summed E-state index contributed by atoms with van der Waals surface area (Å²) < 4.78 is 7.27. The SMILES string of the molecule is COc1ccc(Nc2nn3ccc(C(=O)N4CC(C(C)C)CC(C(C)C)C4)cc3c2CCCN2CCCCC2)cc1. The molecule has 0 saturated carbocycles. The maximum atomic E-state index is 13.9. The van der Waals surface area contributed by atoms with Crippen LogP contribution in [0.5, 0.6) is 5.75 Å². The zero-order chi connectivity index (χ0) is 28.9. The molecule has 2 atom stereocenters. The summed E-state index contributed by atoms with van der Waals surface area (Å²) in [6.45, 7) is 14.4. The predicted octanol–water partition coefficient (Wildman–Crippen LogP) is 6.90. The molecule has 2 aliphatic heterocycles. The van der Waals surface area contributed by atoms with Crippen LogP contribution in [0.2, 0.25) is 0 Å². The van der Waals surface area contributed by atoms with Crippen molar-refractivity contribution in [2.75, 3.05) is 45.2 Å². The van der Waals surface area contributed by atoms with E-state index in [4.69, 9.17) is 9.84 Å². The van der Waals surface area contributed by atoms with Gasteiger partial charge in [-0.15, -0.1) is 5.10 Å². The van der Waals surface area contributed by atoms with Crippen molar-refractivity contribution in [3.8, 4) is 5.75 Å². The molecule has 2 saturated heterocycles. The average Bonchev–Trinajstić information content (AvgIpc) is 3.33. The second-order valence-corrected chi connectivity index (χ2v) is 12.9. The number of hydrogen-bond acceptors (Lipinski definition) is 5. The number of carbonyl (C=O) groups excluding carboxylic acids is 1. The van der Waals surface area contributed by atoms with Crippen LogP contribution in [-0.4, -0.2) is 65.2 Å². The van der Waals surface area contributed by atoms with Gasteiger partial charge < -0.3 is 19.9 Å². The Morgan fingerprint density at radius 1 is 1.00 bits per heavy atom. The first-order valence-electron chi connectivity index (χ1n) is 15.8. The molecular weight excluding hydrogens is 510 g/mol. The third-order valence-electron chi connectivity index (χ3n) is 9.37. The van der Waals surface area contributed by atoms with Gasteiger partial charge in [-0.3, -0.25) is 4.79 Å². The first-order chi connectivity index (χ1) is 19.8. The lowest BCUT2D eigenvalue weighted by atomic mass is 9.78. The van der Waals surface area contributed by atoms with E-state index in [9.17, 15) is 4.79 Å². The number of fused-ring (bicyclic) bond motifs is 1. The lowest BCUT2D eigenvalue weighted by Gasteiger charge is -2.41. The van der Waals surface area contributed by atoms with Crippen LogP contribution in [0.3, 0.4) is 0 Å². The minimum absolute atomic E-state index is 0.147. The van der Waals surface area contributed by atoms with Crippen molar-refractivity contribution in [1.82, 2.24) is 19.4 Å². The molecule has 2 fully saturated rings. The van der Waals surface area contributed by atoms with Gasteiger partial charge in [0.15, 0.2) is 5.82 Å². The Hall–Kier alpha value is -3.06. The number of ether oxygens (including phenoxy) is 1. The fourth-order valence-corrected chi connectivity index (χ4v) is 6.54. The summed E-state index contributed by atoms with van der Waals surface area (Å²) in [6, 6.07) is 12.0. The van der Waals surface area contributed by atoms with Gasteiger partial charge >= 0.3 is 0 Å². The van der Waals surface area contributed by atoms with E-state index in [1.165, 1.54) is 44.3 Å². The molecule has 1 amide bonds. The molecule has 0 spiro atoms. The predicted molar refractivity (Wildman–Crippen MR) is 167 cm³/mol. The number of amides is 1. The first kappa shape index (κ1) is 29.4. The molecule has 0 aliphatic carbocycles. The van der Waals surface area contributed by atoms with Crippen LogP contribution in [0.25, 0.3) is 5.52 Å². The van der Waals surface area contributed by atoms with E-state index in [2.05, 4.69) is 48.9 Å². The van der Waals surface area contributed by atoms with Crippen LogP contribution >= 0.6 is 0 Å². The number of likely N-dealkylation sites (tertiary alicyclic amines) is 2. The number of benzene rings is 1. The van der Waals surface area contributed by atoms with Gasteiger partial charge in [0, 0.05) is 36.1 Å². The number of aromatic nitrogens is 2. The van der Waals surface area contributed by atoms with Crippen molar-refractivity contribution in [3.05, 3.63) is 53.7 Å². The maximum Gasteiger partial charge on any atom is 0.254 e. The quantitative estimate of drug-likeness (QED) is 0.293. The zero-order valence-corrected chi connectivity index (χ0v) is 25.7. The van der Waals surface area contributed by atoms with Crippen molar-refractivity contribution < 1.29 is 9.53 Å². The van der Waals surface area contributed by atoms with Gasteiger partial charge in [0.25, 0.3) is 5.91 Å². The number of hydrogen-bond donors (Lipinski definition) is 1. The Labute approximate surface area is 246 Å². The molecule has 7 nitrogen and oxygen atoms in total. The smallest absolute Gasteiger partial charge is 0.254 e. The van der Waals surface area contributed by atoms with Crippen LogP contribution in [0.1, 0.15) is 75.7 Å². The Morgan fingerprint density at radius 3 is 2.32 bits per heavy atom. The van der Waals surface area contributed by atoms with Crippen molar-refractivity contribution in [2.24, 2.45) is 23.7 Å². The fourth-order valence-electron chi connectivity index (χ4n) is 6.54. The molecule has 7 heteroatoms. The molecule has 1 N–H and O–H groups in total. The first-order valence-corrected chi connectivity index (χ1v) is 15.8. The summed E-state index contributed by atoms with van der Waals surface area (Å²) in [6.07, 6.45) is 9.10. The molecule has 3 aromatic rings. The molecule has 2 aliphatic rings. The summed E-state index contributed by atoms with van der Waals surface area (Å²) >= 11 is 0. The molecule has 4 heterocycles. The largest absolute Gasteiger partial charge is 0.497 e. The maximum absolute atomic E-state index is 13.9. The highest BCUT2D eigenvalue weighted by Gasteiger charge is 2.33. The summed E-state index contributed by atoms with van der Waals surface area (Å²) in [5, 5.41) is 8.49. The van der Waals surface area contributed by atoms with E-state index in [0.717, 1.165) is 60.8 Å². The molecule has 0 bridgehead atoms. The third-order valence-corrected chi connectivity index (χ3v) is 9.37. The summed E-state index contributed by atoms with van der Waals surface area (Å²) in [5.74, 6) is 4.07. The number of carbonyl (C=O) groups is 1. The highest BCUT2D eigenvalue weighted by Crippen LogP contribution is 2.33. The van der Waals surface area contributed by atoms with Crippen LogP contribution < -0.4 is 10.1 Å². The minimum Gasteiger partial charge on any atom is -0.497 e. The Balaban J connectivity index is 1.42. The van der Waals surface area contributed by atoms with Gasteiger partial charge in [-0.2, -0.15) is 0 Å². The van der Waals surface area contributed by atoms with E-state index in [-0.39, 0.29) is 5.91 Å². The fraction of sp³-hybridized carbons (Fsp3) is 0.588. The molecule has 1 aromatic carbocycles. The molecule has 2 aromatic heterocycles. The highest BCUT2D eigenvalue weighted by atomic mass is 16.5. The number of aryl methyl sites for hydroxylation is 1. The summed E-state index contributed by atoms with van der Waals surface area (Å²) in [5.41, 5.74) is 3.92. The number of piperidine rings is 2. The number of methoxy groups -OCH3 is 1. The standard InChI is InChI=1S/C34H49N5O2/c1-24(2)27-20-28(25(3)4)23-38(22-27)34(40)26-15-19-39-32(21-26)31(10-9-18-37-16-7-6-8-17-37)33(36-39)35-29-11-13-30(41-5)14-12-29/h11-15,19,21,24-25,27-28H,6-10,16-18,20,22-23H2,1-5H3,(H,35,36). The van der Waals surface area contributed by atoms with E-state index >= 15 is 0 Å². The summed E-state index contributed by atoms with van der Waals surface area (Å²) in [7, 11) is 1.68. The van der Waals surface area contributed by atoms with E-state index < -0.39 is 0 Å². The molecule has 41 heavy (non-hydrogen) atoms. The van der Waals surface area contributed by atoms with Crippen LogP contribution in [0, 0.1) is 23.7 Å². The molecule has 0 radical (unpaired) electrons. The number of pyridine rings is 1. The van der Waals surface area contributed by atoms with Crippen LogP contribution in [-0.2, 0) is 6.42 Å². The molecule has 5 rings (SSSR count). The molecular formula is C34H49N5O2. The topological polar surface area (TPSA) is 62.1 Å². The lowest BCUT2D eigenvalue weighted by molar-refractivity contribution is 0.0482. The van der Waals surface area contributed by atoms with Gasteiger partial charge in [-0.05, 0) is 112 Å². The van der Waals surface area contributed by atoms with Crippen molar-refractivity contribution >= 4 is 22.9 Å². The van der Waals surface area contributed by atoms with Gasteiger partial charge in [-0.25, -0.2) is 4.52 Å². The number of nitrogens with one attached hydrogen (secondary N) is 1. The number of anilines is 2. The van der Waals surface area contributed by atoms with E-state index in [1.807, 2.05) is 41.0 Å². The van der Waals surface area contributed by atoms with Crippen molar-refractivity contribution in [2.45, 2.75) is 66.2 Å². The van der Waals surface area contributed by atoms with E-state index in [1.54, 1.807) is 7.11 Å². The van der Waals surface area contributed by atoms with E-state index in [0.29, 0.717) is 23.7 Å². The van der Waals surface area contributed by atoms with Gasteiger partial charge in [0.05, 0.1) is 12.6 Å². The van der Waals surface area contributed by atoms with Crippen LogP contribution in [0.15, 0.2) is 42.6 Å². The van der Waals surface area contributed by atoms with Gasteiger partial charge in [0.1, 0.15) is 5.75 Å². The minimum atomic E-state index is 0.147. The van der Waals surface area contributed by atoms with Gasteiger partial charge in [0.2, 0.25) is 0 Å². The Kier molecular flexibility index (Phi) is 9.53. The lowest BCUT2D eigenvalue weighted by Crippen LogP contribution is -2.46. The second-order valence-electron chi connectivity index (χ2n) is 12.9. The highest BCUT2D eigenvalue weighted by molar-refractivity contribution is 5.95. The molecule has 2 unspecified atom stereocenters. The average molecular weight is 560 g/mol. The normalized spacial score (nSPS) is 20.2. The van der Waals surface area contributed by atoms with Gasteiger partial charge in [-0.1, -0.05) is 34.1 Å². The molecule has 222 valence electrons. The third kappa shape index (κ3) is 7.06. The monoisotopic (exact) mass is 559 g/mol. The van der Waals surface area contributed by atoms with Crippen molar-refractivity contribution in [1.29, 1.82) is 0 Å². The number of nitrogens with zero attached hydrogens (tertiary/aromatic N) is 4. The Bertz CT molecular complexity index is 1280. The Morgan fingerprint density at radius 2 is 1.68 bits per heavy atom. The zero-order valence-electron chi connectivity index (χ0n) is 25.7. The number of rotatable bonds is 10. The van der Waals surface area contributed by atoms with Crippen molar-refractivity contribution in [3.63, 3.8) is 0 Å².